The Morgan fingerprint density at radius 1 is 0.909 bits per heavy atom. The predicted molar refractivity (Wildman–Crippen MR) is 107 cm³/mol. The minimum Gasteiger partial charge on any atom is -0.329 e. The first-order valence-corrected chi connectivity index (χ1v) is 9.89. The highest BCUT2D eigenvalue weighted by Crippen LogP contribution is 2.36. The van der Waals surface area contributed by atoms with Gasteiger partial charge in [0.15, 0.2) is 0 Å². The molecule has 0 atom stereocenters. The van der Waals surface area contributed by atoms with E-state index in [1.54, 1.807) is 26.0 Å². The SMILES string of the molecule is CCn1nc(C)cc1C(=O)N(Cc1ccncc1)Cc1cc(C(F)(F)F)cc(C(F)(F)F)c1. The number of carbonyl (C=O) groups excluding carboxylic acids is 1. The zero-order valence-electron chi connectivity index (χ0n) is 17.7. The van der Waals surface area contributed by atoms with Gasteiger partial charge in [-0.1, -0.05) is 0 Å². The summed E-state index contributed by atoms with van der Waals surface area (Å²) in [6, 6.07) is 6.06. The van der Waals surface area contributed by atoms with Gasteiger partial charge in [0.05, 0.1) is 16.8 Å². The Hall–Kier alpha value is -3.37. The normalized spacial score (nSPS) is 12.1. The lowest BCUT2D eigenvalue weighted by Gasteiger charge is -2.24. The van der Waals surface area contributed by atoms with Crippen molar-refractivity contribution in [3.05, 3.63) is 82.4 Å². The molecule has 3 aromatic rings. The molecule has 0 N–H and O–H groups in total. The molecule has 0 fully saturated rings. The predicted octanol–water partition coefficient (Wildman–Crippen LogP) is 5.49. The Bertz CT molecular complexity index is 1090. The molecule has 11 heteroatoms. The van der Waals surface area contributed by atoms with Gasteiger partial charge in [0.25, 0.3) is 5.91 Å². The van der Waals surface area contributed by atoms with Crippen LogP contribution in [0.3, 0.4) is 0 Å². The first-order chi connectivity index (χ1) is 15.4. The van der Waals surface area contributed by atoms with Crippen LogP contribution in [0.4, 0.5) is 26.3 Å². The molecule has 2 aromatic heterocycles. The van der Waals surface area contributed by atoms with E-state index in [0.717, 1.165) is 0 Å². The summed E-state index contributed by atoms with van der Waals surface area (Å²) in [6.07, 6.45) is -7.00. The maximum atomic E-state index is 13.3. The van der Waals surface area contributed by atoms with Crippen molar-refractivity contribution in [2.45, 2.75) is 45.8 Å². The van der Waals surface area contributed by atoms with Crippen LogP contribution in [0.25, 0.3) is 0 Å². The number of rotatable bonds is 6. The Morgan fingerprint density at radius 2 is 1.45 bits per heavy atom. The number of carbonyl (C=O) groups is 1. The number of hydrogen-bond donors (Lipinski definition) is 0. The number of amides is 1. The Labute approximate surface area is 185 Å². The number of halogens is 6. The standard InChI is InChI=1S/C22H20F6N4O/c1-3-32-19(8-14(2)30-32)20(33)31(12-15-4-6-29-7-5-15)13-16-9-17(21(23,24)25)11-18(10-16)22(26,27)28/h4-11H,3,12-13H2,1-2H3. The largest absolute Gasteiger partial charge is 0.416 e. The van der Waals surface area contributed by atoms with Crippen molar-refractivity contribution < 1.29 is 31.1 Å². The Kier molecular flexibility index (Phi) is 6.80. The van der Waals surface area contributed by atoms with E-state index in [2.05, 4.69) is 10.1 Å². The smallest absolute Gasteiger partial charge is 0.329 e. The molecule has 0 aliphatic carbocycles. The van der Waals surface area contributed by atoms with Crippen LogP contribution in [0.2, 0.25) is 0 Å². The number of benzene rings is 1. The van der Waals surface area contributed by atoms with E-state index in [1.807, 2.05) is 0 Å². The van der Waals surface area contributed by atoms with Gasteiger partial charge >= 0.3 is 12.4 Å². The van der Waals surface area contributed by atoms with Crippen LogP contribution >= 0.6 is 0 Å². The van der Waals surface area contributed by atoms with Crippen molar-refractivity contribution >= 4 is 5.91 Å². The molecule has 1 amide bonds. The first-order valence-electron chi connectivity index (χ1n) is 9.89. The average Bonchev–Trinajstić information content (AvgIpc) is 3.13. The number of hydrogen-bond acceptors (Lipinski definition) is 3. The maximum absolute atomic E-state index is 13.3. The van der Waals surface area contributed by atoms with Gasteiger partial charge in [0.1, 0.15) is 5.69 Å². The van der Waals surface area contributed by atoms with E-state index in [9.17, 15) is 31.1 Å². The van der Waals surface area contributed by atoms with Gasteiger partial charge in [0, 0.05) is 32.0 Å². The van der Waals surface area contributed by atoms with Crippen molar-refractivity contribution in [3.8, 4) is 0 Å². The fraction of sp³-hybridized carbons (Fsp3) is 0.318. The zero-order valence-corrected chi connectivity index (χ0v) is 17.7. The van der Waals surface area contributed by atoms with E-state index in [0.29, 0.717) is 29.9 Å². The third kappa shape index (κ3) is 5.91. The second kappa shape index (κ2) is 9.24. The van der Waals surface area contributed by atoms with E-state index >= 15 is 0 Å². The molecular weight excluding hydrogens is 450 g/mol. The Balaban J connectivity index is 2.05. The molecular formula is C22H20F6N4O. The molecule has 176 valence electrons. The van der Waals surface area contributed by atoms with Crippen LogP contribution in [0.1, 0.15) is 45.4 Å². The number of pyridine rings is 1. The molecule has 0 unspecified atom stereocenters. The fourth-order valence-electron chi connectivity index (χ4n) is 3.36. The van der Waals surface area contributed by atoms with Crippen molar-refractivity contribution in [2.24, 2.45) is 0 Å². The molecule has 0 aliphatic rings. The van der Waals surface area contributed by atoms with Gasteiger partial charge in [0.2, 0.25) is 0 Å². The summed E-state index contributed by atoms with van der Waals surface area (Å²) in [4.78, 5) is 18.4. The third-order valence-electron chi connectivity index (χ3n) is 4.85. The molecule has 0 saturated carbocycles. The summed E-state index contributed by atoms with van der Waals surface area (Å²) in [7, 11) is 0. The zero-order chi connectivity index (χ0) is 24.4. The molecule has 0 radical (unpaired) electrons. The van der Waals surface area contributed by atoms with Crippen molar-refractivity contribution in [1.82, 2.24) is 19.7 Å². The molecule has 3 rings (SSSR count). The quantitative estimate of drug-likeness (QED) is 0.448. The molecule has 2 heterocycles. The topological polar surface area (TPSA) is 51.0 Å². The van der Waals surface area contributed by atoms with Crippen molar-refractivity contribution in [3.63, 3.8) is 0 Å². The summed E-state index contributed by atoms with van der Waals surface area (Å²) >= 11 is 0. The number of aromatic nitrogens is 3. The number of nitrogens with zero attached hydrogens (tertiary/aromatic N) is 4. The molecule has 0 spiro atoms. The minimum atomic E-state index is -4.98. The second-order valence-corrected chi connectivity index (χ2v) is 7.42. The van der Waals surface area contributed by atoms with Crippen LogP contribution in [-0.4, -0.2) is 25.6 Å². The minimum absolute atomic E-state index is 0.0487. The lowest BCUT2D eigenvalue weighted by Crippen LogP contribution is -2.32. The van der Waals surface area contributed by atoms with Crippen LogP contribution in [0.5, 0.6) is 0 Å². The van der Waals surface area contributed by atoms with Crippen LogP contribution in [0.15, 0.2) is 48.8 Å². The molecule has 5 nitrogen and oxygen atoms in total. The number of aryl methyl sites for hydroxylation is 2. The van der Waals surface area contributed by atoms with Gasteiger partial charge in [-0.2, -0.15) is 31.4 Å². The van der Waals surface area contributed by atoms with Crippen LogP contribution in [-0.2, 0) is 32.0 Å². The summed E-state index contributed by atoms with van der Waals surface area (Å²) in [5, 5.41) is 4.20. The lowest BCUT2D eigenvalue weighted by molar-refractivity contribution is -0.143. The van der Waals surface area contributed by atoms with E-state index in [1.165, 1.54) is 28.0 Å². The summed E-state index contributed by atoms with van der Waals surface area (Å²) in [5.41, 5.74) is -1.80. The van der Waals surface area contributed by atoms with Gasteiger partial charge < -0.3 is 4.90 Å². The van der Waals surface area contributed by atoms with Crippen molar-refractivity contribution in [1.29, 1.82) is 0 Å². The van der Waals surface area contributed by atoms with E-state index in [-0.39, 0.29) is 23.9 Å². The van der Waals surface area contributed by atoms with Gasteiger partial charge in [-0.15, -0.1) is 0 Å². The molecule has 33 heavy (non-hydrogen) atoms. The molecule has 1 aromatic carbocycles. The Morgan fingerprint density at radius 3 is 1.97 bits per heavy atom. The van der Waals surface area contributed by atoms with Gasteiger partial charge in [-0.25, -0.2) is 0 Å². The van der Waals surface area contributed by atoms with Crippen LogP contribution in [0, 0.1) is 6.92 Å². The summed E-state index contributed by atoms with van der Waals surface area (Å²) in [5.74, 6) is -0.569. The lowest BCUT2D eigenvalue weighted by atomic mass is 10.0. The number of alkyl halides is 6. The average molecular weight is 470 g/mol. The summed E-state index contributed by atoms with van der Waals surface area (Å²) < 4.78 is 81.1. The first kappa shape index (κ1) is 24.3. The third-order valence-corrected chi connectivity index (χ3v) is 4.85. The highest BCUT2D eigenvalue weighted by atomic mass is 19.4. The van der Waals surface area contributed by atoms with Crippen LogP contribution < -0.4 is 0 Å². The molecule has 0 aliphatic heterocycles. The van der Waals surface area contributed by atoms with E-state index < -0.39 is 35.9 Å². The second-order valence-electron chi connectivity index (χ2n) is 7.42. The highest BCUT2D eigenvalue weighted by Gasteiger charge is 2.37. The van der Waals surface area contributed by atoms with Gasteiger partial charge in [-0.05, 0) is 61.4 Å². The van der Waals surface area contributed by atoms with E-state index in [4.69, 9.17) is 0 Å². The fourth-order valence-corrected chi connectivity index (χ4v) is 3.36. The van der Waals surface area contributed by atoms with Crippen molar-refractivity contribution in [2.75, 3.05) is 0 Å². The highest BCUT2D eigenvalue weighted by molar-refractivity contribution is 5.92. The molecule has 0 saturated heterocycles. The van der Waals surface area contributed by atoms with Gasteiger partial charge in [-0.3, -0.25) is 14.5 Å². The molecule has 0 bridgehead atoms. The monoisotopic (exact) mass is 470 g/mol. The maximum Gasteiger partial charge on any atom is 0.416 e. The summed E-state index contributed by atoms with van der Waals surface area (Å²) in [6.45, 7) is 3.28.